The van der Waals surface area contributed by atoms with Crippen molar-refractivity contribution in [3.05, 3.63) is 30.3 Å². The van der Waals surface area contributed by atoms with Gasteiger partial charge in [0.2, 0.25) is 0 Å². The predicted octanol–water partition coefficient (Wildman–Crippen LogP) is 14.4. The van der Waals surface area contributed by atoms with Crippen LogP contribution in [0.25, 0.3) is 0 Å². The minimum atomic E-state index is -3.34. The second-order valence-electron chi connectivity index (χ2n) is 14.3. The minimum absolute atomic E-state index is 0.592. The van der Waals surface area contributed by atoms with E-state index in [0.717, 1.165) is 18.1 Å². The topological polar surface area (TPSA) is 38.7 Å². The monoisotopic (exact) mass is 665 g/mol. The van der Waals surface area contributed by atoms with Crippen LogP contribution >= 0.6 is 7.94 Å². The van der Waals surface area contributed by atoms with Crippen LogP contribution in [0.15, 0.2) is 30.3 Å². The summed E-state index contributed by atoms with van der Waals surface area (Å²) >= 11 is 0. The molecule has 1 rings (SSSR count). The Morgan fingerprint density at radius 3 is 0.870 bits per heavy atom. The molecule has 4 heteroatoms. The van der Waals surface area contributed by atoms with Gasteiger partial charge in [-0.15, -0.1) is 0 Å². The van der Waals surface area contributed by atoms with Gasteiger partial charge in [0.25, 0.3) is 0 Å². The number of hydrogen-bond donors (Lipinski definition) is 1. The van der Waals surface area contributed by atoms with E-state index in [-0.39, 0.29) is 0 Å². The molecule has 0 atom stereocenters. The molecule has 272 valence electrons. The van der Waals surface area contributed by atoms with Crippen LogP contribution in [0.5, 0.6) is 0 Å². The van der Waals surface area contributed by atoms with E-state index in [1.54, 1.807) is 0 Å². The van der Waals surface area contributed by atoms with Crippen LogP contribution in [-0.4, -0.2) is 18.1 Å². The normalized spacial score (nSPS) is 12.2. The SMILES string of the molecule is CCCCCCCCCCCCCCCCCCO[PH](O)(OCCCCCCCCCCCCCCCCCC)c1ccccc1. The summed E-state index contributed by atoms with van der Waals surface area (Å²) in [5, 5.41) is 0.836. The van der Waals surface area contributed by atoms with Crippen LogP contribution < -0.4 is 5.30 Å². The van der Waals surface area contributed by atoms with Gasteiger partial charge in [-0.2, -0.15) is 0 Å². The van der Waals surface area contributed by atoms with E-state index in [1.807, 2.05) is 30.3 Å². The third kappa shape index (κ3) is 27.5. The first-order valence-electron chi connectivity index (χ1n) is 20.8. The van der Waals surface area contributed by atoms with Gasteiger partial charge in [0.05, 0.1) is 0 Å². The van der Waals surface area contributed by atoms with Crippen molar-refractivity contribution < 1.29 is 13.9 Å². The quantitative estimate of drug-likeness (QED) is 0.0568. The summed E-state index contributed by atoms with van der Waals surface area (Å²) in [5.41, 5.74) is 0. The first kappa shape index (κ1) is 43.6. The van der Waals surface area contributed by atoms with Crippen LogP contribution in [-0.2, 0) is 9.05 Å². The number of rotatable bonds is 37. The van der Waals surface area contributed by atoms with Gasteiger partial charge in [0.1, 0.15) is 0 Å². The Morgan fingerprint density at radius 1 is 0.370 bits per heavy atom. The third-order valence-corrected chi connectivity index (χ3v) is 12.0. The van der Waals surface area contributed by atoms with E-state index in [1.165, 1.54) is 193 Å². The number of unbranched alkanes of at least 4 members (excludes halogenated alkanes) is 30. The van der Waals surface area contributed by atoms with E-state index in [9.17, 15) is 4.89 Å². The number of hydrogen-bond acceptors (Lipinski definition) is 3. The summed E-state index contributed by atoms with van der Waals surface area (Å²) in [6, 6.07) is 9.87. The third-order valence-electron chi connectivity index (χ3n) is 9.73. The van der Waals surface area contributed by atoms with E-state index < -0.39 is 7.94 Å². The molecule has 0 bridgehead atoms. The first-order chi connectivity index (χ1) is 22.7. The average Bonchev–Trinajstić information content (AvgIpc) is 3.08. The van der Waals surface area contributed by atoms with Crippen LogP contribution in [0, 0.1) is 0 Å². The first-order valence-corrected chi connectivity index (χ1v) is 22.5. The fourth-order valence-corrected chi connectivity index (χ4v) is 8.45. The fourth-order valence-electron chi connectivity index (χ4n) is 6.58. The van der Waals surface area contributed by atoms with Crippen molar-refractivity contribution in [3.63, 3.8) is 0 Å². The molecular formula is C42H81O3P. The van der Waals surface area contributed by atoms with Crippen molar-refractivity contribution in [2.24, 2.45) is 0 Å². The Bertz CT molecular complexity index is 674. The van der Waals surface area contributed by atoms with Crippen LogP contribution in [0.1, 0.15) is 219 Å². The molecule has 0 unspecified atom stereocenters. The van der Waals surface area contributed by atoms with Gasteiger partial charge in [-0.3, -0.25) is 0 Å². The summed E-state index contributed by atoms with van der Waals surface area (Å²) in [7, 11) is -3.34. The van der Waals surface area contributed by atoms with Crippen LogP contribution in [0.4, 0.5) is 0 Å². The van der Waals surface area contributed by atoms with E-state index in [4.69, 9.17) is 9.05 Å². The molecule has 0 radical (unpaired) electrons. The zero-order valence-electron chi connectivity index (χ0n) is 31.2. The average molecular weight is 665 g/mol. The molecule has 0 spiro atoms. The van der Waals surface area contributed by atoms with E-state index in [0.29, 0.717) is 13.2 Å². The van der Waals surface area contributed by atoms with Crippen molar-refractivity contribution in [3.8, 4) is 0 Å². The molecule has 0 saturated carbocycles. The van der Waals surface area contributed by atoms with E-state index in [2.05, 4.69) is 13.8 Å². The molecule has 3 nitrogen and oxygen atoms in total. The van der Waals surface area contributed by atoms with Gasteiger partial charge < -0.3 is 0 Å². The van der Waals surface area contributed by atoms with Gasteiger partial charge >= 0.3 is 199 Å². The molecule has 0 saturated heterocycles. The molecule has 0 fully saturated rings. The van der Waals surface area contributed by atoms with Crippen LogP contribution in [0.2, 0.25) is 0 Å². The predicted molar refractivity (Wildman–Crippen MR) is 208 cm³/mol. The van der Waals surface area contributed by atoms with Gasteiger partial charge in [-0.25, -0.2) is 0 Å². The molecule has 0 aromatic heterocycles. The molecule has 46 heavy (non-hydrogen) atoms. The number of benzene rings is 1. The summed E-state index contributed by atoms with van der Waals surface area (Å²) in [5.74, 6) is 0. The van der Waals surface area contributed by atoms with Gasteiger partial charge in [-0.05, 0) is 0 Å². The summed E-state index contributed by atoms with van der Waals surface area (Å²) < 4.78 is 12.3. The molecule has 0 amide bonds. The van der Waals surface area contributed by atoms with E-state index >= 15 is 0 Å². The molecule has 1 aromatic rings. The fraction of sp³-hybridized carbons (Fsp3) is 0.857. The molecule has 0 aliphatic heterocycles. The Hall–Kier alpha value is -0.470. The standard InChI is InChI=1S/C42H81O3P/c1-3-5-7-9-11-13-15-17-19-21-23-25-27-29-31-36-40-44-46(43,42-38-34-33-35-39-42)45-41-37-32-30-28-26-24-22-20-18-16-14-12-10-8-6-4-2/h33-35,38-39,43,46H,3-32,36-37,40-41H2,1-2H3. The zero-order valence-corrected chi connectivity index (χ0v) is 32.2. The molecular weight excluding hydrogens is 583 g/mol. The van der Waals surface area contributed by atoms with Crippen LogP contribution in [0.3, 0.4) is 0 Å². The van der Waals surface area contributed by atoms with Crippen molar-refractivity contribution in [2.45, 2.75) is 219 Å². The Labute approximate surface area is 289 Å². The molecule has 0 aliphatic rings. The summed E-state index contributed by atoms with van der Waals surface area (Å²) in [6.45, 7) is 5.77. The Balaban J connectivity index is 2.01. The summed E-state index contributed by atoms with van der Waals surface area (Å²) in [4.78, 5) is 11.4. The zero-order chi connectivity index (χ0) is 33.1. The maximum absolute atomic E-state index is 11.4. The second-order valence-corrected chi connectivity index (χ2v) is 16.6. The maximum atomic E-state index is 11.4. The van der Waals surface area contributed by atoms with Crippen molar-refractivity contribution in [2.75, 3.05) is 13.2 Å². The summed E-state index contributed by atoms with van der Waals surface area (Å²) in [6.07, 6.45) is 43.5. The molecule has 1 N–H and O–H groups in total. The molecule has 0 heterocycles. The van der Waals surface area contributed by atoms with Crippen molar-refractivity contribution in [1.29, 1.82) is 0 Å². The Kier molecular flexibility index (Phi) is 32.6. The van der Waals surface area contributed by atoms with Gasteiger partial charge in [0.15, 0.2) is 0 Å². The second kappa shape index (κ2) is 34.4. The van der Waals surface area contributed by atoms with Gasteiger partial charge in [-0.1, -0.05) is 90.9 Å². The van der Waals surface area contributed by atoms with Gasteiger partial charge in [0, 0.05) is 0 Å². The van der Waals surface area contributed by atoms with Crippen molar-refractivity contribution in [1.82, 2.24) is 0 Å². The van der Waals surface area contributed by atoms with Crippen molar-refractivity contribution >= 4 is 13.2 Å². The molecule has 1 aromatic carbocycles. The molecule has 0 aliphatic carbocycles. The Morgan fingerprint density at radius 2 is 0.609 bits per heavy atom.